The summed E-state index contributed by atoms with van der Waals surface area (Å²) >= 11 is 6.79. The molecule has 0 bridgehead atoms. The van der Waals surface area contributed by atoms with Crippen LogP contribution in [0.5, 0.6) is 5.75 Å². The predicted molar refractivity (Wildman–Crippen MR) is 90.5 cm³/mol. The van der Waals surface area contributed by atoms with Crippen molar-refractivity contribution in [3.05, 3.63) is 63.0 Å². The summed E-state index contributed by atoms with van der Waals surface area (Å²) in [5.74, 6) is 0.504. The van der Waals surface area contributed by atoms with E-state index in [1.54, 1.807) is 0 Å². The monoisotopic (exact) mass is 411 g/mol. The van der Waals surface area contributed by atoms with Gasteiger partial charge in [0.25, 0.3) is 5.91 Å². The highest BCUT2D eigenvalue weighted by Crippen LogP contribution is 2.32. The van der Waals surface area contributed by atoms with Gasteiger partial charge in [-0.3, -0.25) is 4.79 Å². The van der Waals surface area contributed by atoms with E-state index in [0.717, 1.165) is 15.4 Å². The minimum absolute atomic E-state index is 0.00397. The van der Waals surface area contributed by atoms with Gasteiger partial charge < -0.3 is 10.1 Å². The summed E-state index contributed by atoms with van der Waals surface area (Å²) in [6.07, 6.45) is 0.811. The first-order valence-corrected chi connectivity index (χ1v) is 8.13. The number of amides is 1. The molecule has 0 aliphatic rings. The van der Waals surface area contributed by atoms with Gasteiger partial charge in [0, 0.05) is 6.54 Å². The van der Waals surface area contributed by atoms with Crippen LogP contribution in [0.1, 0.15) is 5.56 Å². The van der Waals surface area contributed by atoms with Crippen molar-refractivity contribution >= 4 is 37.8 Å². The van der Waals surface area contributed by atoms with Gasteiger partial charge in [0.05, 0.1) is 8.95 Å². The highest BCUT2D eigenvalue weighted by molar-refractivity contribution is 9.11. The van der Waals surface area contributed by atoms with Crippen LogP contribution in [0, 0.1) is 0 Å². The van der Waals surface area contributed by atoms with Crippen LogP contribution in [-0.2, 0) is 11.2 Å². The average Bonchev–Trinajstić information content (AvgIpc) is 2.48. The summed E-state index contributed by atoms with van der Waals surface area (Å²) in [7, 11) is 0. The van der Waals surface area contributed by atoms with Crippen molar-refractivity contribution in [2.75, 3.05) is 13.2 Å². The van der Waals surface area contributed by atoms with Crippen molar-refractivity contribution in [1.82, 2.24) is 5.32 Å². The maximum atomic E-state index is 11.8. The van der Waals surface area contributed by atoms with Gasteiger partial charge in [-0.25, -0.2) is 0 Å². The lowest BCUT2D eigenvalue weighted by Gasteiger charge is -2.10. The van der Waals surface area contributed by atoms with Crippen LogP contribution in [0.25, 0.3) is 0 Å². The highest BCUT2D eigenvalue weighted by Gasteiger charge is 2.08. The molecule has 0 radical (unpaired) electrons. The number of benzene rings is 2. The van der Waals surface area contributed by atoms with E-state index in [0.29, 0.717) is 12.3 Å². The molecule has 1 amide bonds. The second kappa shape index (κ2) is 8.20. The Morgan fingerprint density at radius 3 is 2.33 bits per heavy atom. The van der Waals surface area contributed by atoms with Gasteiger partial charge in [-0.1, -0.05) is 36.4 Å². The summed E-state index contributed by atoms with van der Waals surface area (Å²) in [4.78, 5) is 11.8. The number of rotatable bonds is 6. The third-order valence-electron chi connectivity index (χ3n) is 2.85. The molecule has 2 aromatic rings. The lowest BCUT2D eigenvalue weighted by atomic mass is 10.1. The molecule has 0 atom stereocenters. The molecular weight excluding hydrogens is 398 g/mol. The SMILES string of the molecule is O=C(COc1c(Br)cccc1Br)NCCc1ccccc1. The number of carbonyl (C=O) groups is 1. The zero-order valence-electron chi connectivity index (χ0n) is 11.3. The van der Waals surface area contributed by atoms with Gasteiger partial charge in [-0.15, -0.1) is 0 Å². The molecule has 1 N–H and O–H groups in total. The normalized spacial score (nSPS) is 10.2. The molecule has 0 unspecified atom stereocenters. The van der Waals surface area contributed by atoms with Crippen molar-refractivity contribution in [1.29, 1.82) is 0 Å². The summed E-state index contributed by atoms with van der Waals surface area (Å²) in [6.45, 7) is 0.597. The predicted octanol–water partition coefficient (Wildman–Crippen LogP) is 3.95. The fourth-order valence-electron chi connectivity index (χ4n) is 1.80. The van der Waals surface area contributed by atoms with E-state index in [1.807, 2.05) is 48.5 Å². The van der Waals surface area contributed by atoms with Gasteiger partial charge in [-0.2, -0.15) is 0 Å². The Bertz CT molecular complexity index is 582. The topological polar surface area (TPSA) is 38.3 Å². The molecule has 0 aliphatic carbocycles. The molecule has 0 heterocycles. The Balaban J connectivity index is 1.75. The molecule has 110 valence electrons. The van der Waals surface area contributed by atoms with Crippen LogP contribution in [0.3, 0.4) is 0 Å². The second-order valence-electron chi connectivity index (χ2n) is 4.43. The van der Waals surface area contributed by atoms with Crippen LogP contribution >= 0.6 is 31.9 Å². The van der Waals surface area contributed by atoms with Crippen molar-refractivity contribution in [2.24, 2.45) is 0 Å². The molecule has 0 spiro atoms. The minimum Gasteiger partial charge on any atom is -0.481 e. The molecule has 0 aromatic heterocycles. The van der Waals surface area contributed by atoms with E-state index < -0.39 is 0 Å². The molecule has 2 aromatic carbocycles. The Labute approximate surface area is 141 Å². The number of nitrogens with one attached hydrogen (secondary N) is 1. The number of ether oxygens (including phenoxy) is 1. The summed E-state index contributed by atoms with van der Waals surface area (Å²) in [6, 6.07) is 15.7. The first-order valence-electron chi connectivity index (χ1n) is 6.54. The smallest absolute Gasteiger partial charge is 0.257 e. The highest BCUT2D eigenvalue weighted by atomic mass is 79.9. The van der Waals surface area contributed by atoms with E-state index in [-0.39, 0.29) is 12.5 Å². The van der Waals surface area contributed by atoms with Crippen LogP contribution in [0.15, 0.2) is 57.5 Å². The molecule has 0 saturated carbocycles. The second-order valence-corrected chi connectivity index (χ2v) is 6.13. The molecule has 3 nitrogen and oxygen atoms in total. The van der Waals surface area contributed by atoms with Crippen molar-refractivity contribution in [3.8, 4) is 5.75 Å². The van der Waals surface area contributed by atoms with Gasteiger partial charge >= 0.3 is 0 Å². The summed E-state index contributed by atoms with van der Waals surface area (Å²) in [5.41, 5.74) is 1.20. The maximum Gasteiger partial charge on any atom is 0.257 e. The number of hydrogen-bond donors (Lipinski definition) is 1. The Hall–Kier alpha value is -1.33. The zero-order chi connectivity index (χ0) is 15.1. The maximum absolute atomic E-state index is 11.8. The van der Waals surface area contributed by atoms with Crippen molar-refractivity contribution < 1.29 is 9.53 Å². The molecule has 5 heteroatoms. The standard InChI is InChI=1S/C16H15Br2NO2/c17-13-7-4-8-14(18)16(13)21-11-15(20)19-10-9-12-5-2-1-3-6-12/h1-8H,9-11H2,(H,19,20). The van der Waals surface area contributed by atoms with E-state index in [1.165, 1.54) is 5.56 Å². The van der Waals surface area contributed by atoms with Crippen LogP contribution in [0.4, 0.5) is 0 Å². The lowest BCUT2D eigenvalue weighted by Crippen LogP contribution is -2.30. The Morgan fingerprint density at radius 1 is 1.00 bits per heavy atom. The molecule has 0 aliphatic heterocycles. The van der Waals surface area contributed by atoms with E-state index in [2.05, 4.69) is 37.2 Å². The van der Waals surface area contributed by atoms with Crippen LogP contribution in [-0.4, -0.2) is 19.1 Å². The summed E-state index contributed by atoms with van der Waals surface area (Å²) < 4.78 is 7.15. The van der Waals surface area contributed by atoms with Crippen LogP contribution < -0.4 is 10.1 Å². The lowest BCUT2D eigenvalue weighted by molar-refractivity contribution is -0.123. The fraction of sp³-hybridized carbons (Fsp3) is 0.188. The molecule has 2 rings (SSSR count). The zero-order valence-corrected chi connectivity index (χ0v) is 14.5. The summed E-state index contributed by atoms with van der Waals surface area (Å²) in [5, 5.41) is 2.85. The molecular formula is C16H15Br2NO2. The number of para-hydroxylation sites is 1. The third-order valence-corrected chi connectivity index (χ3v) is 4.09. The number of carbonyl (C=O) groups excluding carboxylic acids is 1. The first kappa shape index (κ1) is 16.0. The van der Waals surface area contributed by atoms with Crippen molar-refractivity contribution in [2.45, 2.75) is 6.42 Å². The Kier molecular flexibility index (Phi) is 6.26. The fourth-order valence-corrected chi connectivity index (χ4v) is 3.03. The first-order chi connectivity index (χ1) is 10.2. The van der Waals surface area contributed by atoms with Gasteiger partial charge in [0.1, 0.15) is 5.75 Å². The quantitative estimate of drug-likeness (QED) is 0.779. The average molecular weight is 413 g/mol. The van der Waals surface area contributed by atoms with Crippen molar-refractivity contribution in [3.63, 3.8) is 0 Å². The Morgan fingerprint density at radius 2 is 1.67 bits per heavy atom. The minimum atomic E-state index is -0.131. The third kappa shape index (κ3) is 5.17. The number of hydrogen-bond acceptors (Lipinski definition) is 2. The number of halogens is 2. The van der Waals surface area contributed by atoms with Gasteiger partial charge in [0.15, 0.2) is 6.61 Å². The van der Waals surface area contributed by atoms with Gasteiger partial charge in [-0.05, 0) is 56.0 Å². The molecule has 0 saturated heterocycles. The van der Waals surface area contributed by atoms with Gasteiger partial charge in [0.2, 0.25) is 0 Å². The largest absolute Gasteiger partial charge is 0.481 e. The molecule has 0 fully saturated rings. The molecule has 21 heavy (non-hydrogen) atoms. The van der Waals surface area contributed by atoms with E-state index in [4.69, 9.17) is 4.74 Å². The van der Waals surface area contributed by atoms with E-state index in [9.17, 15) is 4.79 Å². The van der Waals surface area contributed by atoms with E-state index >= 15 is 0 Å². The van der Waals surface area contributed by atoms with Crippen LogP contribution in [0.2, 0.25) is 0 Å².